The van der Waals surface area contributed by atoms with E-state index < -0.39 is 11.7 Å². The van der Waals surface area contributed by atoms with Crippen LogP contribution in [-0.2, 0) is 12.8 Å². The van der Waals surface area contributed by atoms with Crippen molar-refractivity contribution in [2.45, 2.75) is 19.7 Å². The molecule has 0 aliphatic rings. The molecule has 0 unspecified atom stereocenters. The topological polar surface area (TPSA) is 50.7 Å². The van der Waals surface area contributed by atoms with Gasteiger partial charge in [0.15, 0.2) is 0 Å². The maximum absolute atomic E-state index is 12.9. The summed E-state index contributed by atoms with van der Waals surface area (Å²) < 4.78 is 45.1. The lowest BCUT2D eigenvalue weighted by atomic mass is 10.1. The van der Waals surface area contributed by atoms with Gasteiger partial charge in [0.1, 0.15) is 12.4 Å². The number of ether oxygens (including phenoxy) is 1. The van der Waals surface area contributed by atoms with Crippen LogP contribution < -0.4 is 10.2 Å². The molecule has 0 spiro atoms. The Balaban J connectivity index is 1.70. The summed E-state index contributed by atoms with van der Waals surface area (Å²) in [6.07, 6.45) is -2.99. The smallest absolute Gasteiger partial charge is 0.416 e. The average Bonchev–Trinajstić information content (AvgIpc) is 3.13. The number of carbonyl (C=O) groups excluding carboxylic acids is 1. The molecule has 9 heteroatoms. The molecule has 0 atom stereocenters. The van der Waals surface area contributed by atoms with Gasteiger partial charge in [-0.3, -0.25) is 4.79 Å². The first-order chi connectivity index (χ1) is 14.2. The van der Waals surface area contributed by atoms with Gasteiger partial charge in [-0.25, -0.2) is 5.43 Å². The van der Waals surface area contributed by atoms with Crippen LogP contribution in [0.2, 0.25) is 0 Å². The molecule has 3 rings (SSSR count). The maximum Gasteiger partial charge on any atom is 0.416 e. The Morgan fingerprint density at radius 3 is 2.73 bits per heavy atom. The fourth-order valence-electron chi connectivity index (χ4n) is 2.54. The Bertz CT molecular complexity index is 1080. The minimum atomic E-state index is -4.41. The summed E-state index contributed by atoms with van der Waals surface area (Å²) in [5.74, 6) is 0.0806. The largest absolute Gasteiger partial charge is 0.488 e. The molecule has 4 nitrogen and oxygen atoms in total. The van der Waals surface area contributed by atoms with E-state index in [2.05, 4.69) is 26.5 Å². The molecular weight excluding hydrogens is 481 g/mol. The Morgan fingerprint density at radius 1 is 1.23 bits per heavy atom. The second-order valence-corrected chi connectivity index (χ2v) is 8.35. The number of hydrogen-bond acceptors (Lipinski definition) is 4. The van der Waals surface area contributed by atoms with E-state index in [1.54, 1.807) is 35.7 Å². The molecule has 1 amide bonds. The lowest BCUT2D eigenvalue weighted by molar-refractivity contribution is -0.137. The zero-order chi connectivity index (χ0) is 21.7. The molecule has 1 N–H and O–H groups in total. The number of hydrogen-bond donors (Lipinski definition) is 1. The molecule has 0 saturated carbocycles. The Morgan fingerprint density at radius 2 is 2.03 bits per heavy atom. The first-order valence-electron chi connectivity index (χ1n) is 8.69. The number of alkyl halides is 3. The van der Waals surface area contributed by atoms with Gasteiger partial charge < -0.3 is 4.74 Å². The van der Waals surface area contributed by atoms with E-state index >= 15 is 0 Å². The third kappa shape index (κ3) is 5.93. The van der Waals surface area contributed by atoms with Crippen molar-refractivity contribution in [3.05, 3.63) is 85.5 Å². The van der Waals surface area contributed by atoms with Crippen LogP contribution in [0.1, 0.15) is 31.9 Å². The van der Waals surface area contributed by atoms with Crippen molar-refractivity contribution in [3.63, 3.8) is 0 Å². The fourth-order valence-corrected chi connectivity index (χ4v) is 3.60. The minimum Gasteiger partial charge on any atom is -0.488 e. The van der Waals surface area contributed by atoms with Crippen molar-refractivity contribution < 1.29 is 22.7 Å². The number of hydrazone groups is 1. The molecule has 0 aliphatic heterocycles. The third-order valence-electron chi connectivity index (χ3n) is 3.98. The fraction of sp³-hybridized carbons (Fsp3) is 0.143. The Labute approximate surface area is 183 Å². The predicted molar refractivity (Wildman–Crippen MR) is 114 cm³/mol. The average molecular weight is 497 g/mol. The van der Waals surface area contributed by atoms with E-state index in [1.807, 2.05) is 6.92 Å². The van der Waals surface area contributed by atoms with Crippen LogP contribution in [-0.4, -0.2) is 12.1 Å². The van der Waals surface area contributed by atoms with Crippen LogP contribution in [0.5, 0.6) is 5.75 Å². The molecule has 0 fully saturated rings. The van der Waals surface area contributed by atoms with Gasteiger partial charge in [0.25, 0.3) is 5.91 Å². The third-order valence-corrected chi connectivity index (χ3v) is 5.34. The van der Waals surface area contributed by atoms with E-state index in [9.17, 15) is 18.0 Å². The SMILES string of the molecule is Cc1cc(C(=O)N/N=C/c2cc(Br)ccc2OCc2cccc(C(F)(F)F)c2)cs1. The summed E-state index contributed by atoms with van der Waals surface area (Å²) in [7, 11) is 0. The number of nitrogens with zero attached hydrogens (tertiary/aromatic N) is 1. The van der Waals surface area contributed by atoms with E-state index in [0.29, 0.717) is 22.4 Å². The molecule has 1 heterocycles. The number of rotatable bonds is 6. The van der Waals surface area contributed by atoms with Crippen molar-refractivity contribution in [1.82, 2.24) is 5.43 Å². The van der Waals surface area contributed by atoms with Crippen molar-refractivity contribution in [1.29, 1.82) is 0 Å². The monoisotopic (exact) mass is 496 g/mol. The molecule has 0 bridgehead atoms. The predicted octanol–water partition coefficient (Wildman–Crippen LogP) is 6.18. The summed E-state index contributed by atoms with van der Waals surface area (Å²) in [5.41, 5.74) is 3.18. The number of aryl methyl sites for hydroxylation is 1. The number of amides is 1. The van der Waals surface area contributed by atoms with Crippen LogP contribution in [0, 0.1) is 6.92 Å². The summed E-state index contributed by atoms with van der Waals surface area (Å²) in [4.78, 5) is 13.1. The number of nitrogens with one attached hydrogen (secondary N) is 1. The van der Waals surface area contributed by atoms with Gasteiger partial charge >= 0.3 is 6.18 Å². The Kier molecular flexibility index (Phi) is 6.94. The second-order valence-electron chi connectivity index (χ2n) is 6.31. The lowest BCUT2D eigenvalue weighted by Crippen LogP contribution is -2.16. The summed E-state index contributed by atoms with van der Waals surface area (Å²) >= 11 is 4.82. The second kappa shape index (κ2) is 9.44. The maximum atomic E-state index is 12.9. The molecule has 1 aromatic heterocycles. The first kappa shape index (κ1) is 22.0. The Hall–Kier alpha value is -2.65. The van der Waals surface area contributed by atoms with Gasteiger partial charge in [0.05, 0.1) is 17.3 Å². The minimum absolute atomic E-state index is 0.0487. The normalized spacial score (nSPS) is 11.6. The number of benzene rings is 2. The number of thiophene rings is 1. The van der Waals surface area contributed by atoms with E-state index in [0.717, 1.165) is 21.5 Å². The molecular formula is C21H16BrF3N2O2S. The standard InChI is InChI=1S/C21H16BrF3N2O2S/c1-13-7-16(12-30-13)20(28)27-26-10-15-9-18(22)5-6-19(15)29-11-14-3-2-4-17(8-14)21(23,24)25/h2-10,12H,11H2,1H3,(H,27,28)/b26-10+. The highest BCUT2D eigenvalue weighted by Crippen LogP contribution is 2.30. The van der Waals surface area contributed by atoms with Crippen molar-refractivity contribution in [2.24, 2.45) is 5.10 Å². The molecule has 30 heavy (non-hydrogen) atoms. The van der Waals surface area contributed by atoms with Crippen LogP contribution in [0.15, 0.2) is 63.5 Å². The number of carbonyl (C=O) groups is 1. The molecule has 0 radical (unpaired) electrons. The zero-order valence-electron chi connectivity index (χ0n) is 15.7. The van der Waals surface area contributed by atoms with Crippen LogP contribution in [0.3, 0.4) is 0 Å². The summed E-state index contributed by atoms with van der Waals surface area (Å²) in [5, 5.41) is 5.70. The van der Waals surface area contributed by atoms with Crippen LogP contribution in [0.25, 0.3) is 0 Å². The molecule has 0 saturated heterocycles. The highest BCUT2D eigenvalue weighted by Gasteiger charge is 2.30. The highest BCUT2D eigenvalue weighted by molar-refractivity contribution is 9.10. The van der Waals surface area contributed by atoms with E-state index in [-0.39, 0.29) is 12.5 Å². The van der Waals surface area contributed by atoms with Crippen LogP contribution in [0.4, 0.5) is 13.2 Å². The summed E-state index contributed by atoms with van der Waals surface area (Å²) in [6.45, 7) is 1.85. The van der Waals surface area contributed by atoms with Crippen molar-refractivity contribution in [3.8, 4) is 5.75 Å². The van der Waals surface area contributed by atoms with Crippen molar-refractivity contribution in [2.75, 3.05) is 0 Å². The van der Waals surface area contributed by atoms with Gasteiger partial charge in [-0.1, -0.05) is 28.1 Å². The lowest BCUT2D eigenvalue weighted by Gasteiger charge is -2.12. The zero-order valence-corrected chi connectivity index (χ0v) is 18.1. The quantitative estimate of drug-likeness (QED) is 0.327. The van der Waals surface area contributed by atoms with Gasteiger partial charge in [-0.05, 0) is 48.9 Å². The van der Waals surface area contributed by atoms with Gasteiger partial charge in [-0.15, -0.1) is 11.3 Å². The number of halogens is 4. The van der Waals surface area contributed by atoms with Crippen LogP contribution >= 0.6 is 27.3 Å². The molecule has 3 aromatic rings. The summed E-state index contributed by atoms with van der Waals surface area (Å²) in [6, 6.07) is 11.9. The van der Waals surface area contributed by atoms with Crippen molar-refractivity contribution >= 4 is 39.4 Å². The highest BCUT2D eigenvalue weighted by atomic mass is 79.9. The molecule has 0 aliphatic carbocycles. The molecule has 156 valence electrons. The van der Waals surface area contributed by atoms with Gasteiger partial charge in [0.2, 0.25) is 0 Å². The molecule has 2 aromatic carbocycles. The van der Waals surface area contributed by atoms with Gasteiger partial charge in [0, 0.05) is 20.3 Å². The van der Waals surface area contributed by atoms with E-state index in [1.165, 1.54) is 23.6 Å². The van der Waals surface area contributed by atoms with E-state index in [4.69, 9.17) is 4.74 Å². The first-order valence-corrected chi connectivity index (χ1v) is 10.4. The van der Waals surface area contributed by atoms with Gasteiger partial charge in [-0.2, -0.15) is 18.3 Å².